The summed E-state index contributed by atoms with van der Waals surface area (Å²) in [7, 11) is -5.84. The molecule has 0 aliphatic rings. The number of hydrogen-bond acceptors (Lipinski definition) is 6. The van der Waals surface area contributed by atoms with Crippen molar-refractivity contribution in [2.45, 2.75) is 71.1 Å². The number of hydrogen-bond donors (Lipinski definition) is 1. The molecule has 0 heterocycles. The fourth-order valence-electron chi connectivity index (χ4n) is 2.98. The van der Waals surface area contributed by atoms with E-state index in [1.54, 1.807) is 6.92 Å². The molecular weight excluding hydrogens is 396 g/mol. The molecular formula is C18H40O6Si3. The predicted octanol–water partition coefficient (Wildman–Crippen LogP) is 4.04. The van der Waals surface area contributed by atoms with Crippen LogP contribution >= 0.6 is 0 Å². The highest BCUT2D eigenvalue weighted by molar-refractivity contribution is 6.87. The smallest absolute Gasteiger partial charge is 0.333 e. The summed E-state index contributed by atoms with van der Waals surface area (Å²) in [6, 6.07) is 1.95. The lowest BCUT2D eigenvalue weighted by molar-refractivity contribution is -0.140. The molecule has 160 valence electrons. The van der Waals surface area contributed by atoms with Crippen molar-refractivity contribution in [3.05, 3.63) is 12.2 Å². The summed E-state index contributed by atoms with van der Waals surface area (Å²) >= 11 is 0. The molecule has 0 rings (SSSR count). The third kappa shape index (κ3) is 14.4. The van der Waals surface area contributed by atoms with E-state index in [1.165, 1.54) is 0 Å². The van der Waals surface area contributed by atoms with E-state index in [2.05, 4.69) is 45.9 Å². The molecule has 0 aliphatic carbocycles. The van der Waals surface area contributed by atoms with Gasteiger partial charge in [-0.15, -0.1) is 0 Å². The van der Waals surface area contributed by atoms with E-state index >= 15 is 0 Å². The first-order chi connectivity index (χ1) is 12.3. The van der Waals surface area contributed by atoms with Crippen LogP contribution < -0.4 is 0 Å². The van der Waals surface area contributed by atoms with Crippen LogP contribution in [0.2, 0.25) is 51.4 Å². The van der Waals surface area contributed by atoms with Gasteiger partial charge in [-0.05, 0) is 71.1 Å². The molecule has 0 aromatic heterocycles. The van der Waals surface area contributed by atoms with E-state index in [9.17, 15) is 4.79 Å². The monoisotopic (exact) mass is 436 g/mol. The van der Waals surface area contributed by atoms with Gasteiger partial charge in [-0.25, -0.2) is 4.79 Å². The Bertz CT molecular complexity index is 466. The first-order valence-electron chi connectivity index (χ1n) is 9.72. The molecule has 9 heteroatoms. The summed E-state index contributed by atoms with van der Waals surface area (Å²) in [5.41, 5.74) is 0.400. The number of rotatable bonds is 15. The highest BCUT2D eigenvalue weighted by Gasteiger charge is 2.39. The maximum Gasteiger partial charge on any atom is 0.333 e. The molecule has 0 saturated heterocycles. The Balaban J connectivity index is 4.13. The van der Waals surface area contributed by atoms with E-state index in [0.717, 1.165) is 24.9 Å². The average Bonchev–Trinajstić information content (AvgIpc) is 2.49. The van der Waals surface area contributed by atoms with Gasteiger partial charge in [-0.1, -0.05) is 6.58 Å². The van der Waals surface area contributed by atoms with Crippen molar-refractivity contribution in [2.24, 2.45) is 0 Å². The van der Waals surface area contributed by atoms with E-state index in [1.807, 2.05) is 0 Å². The summed E-state index contributed by atoms with van der Waals surface area (Å²) in [6.07, 6.45) is 1.72. The highest BCUT2D eigenvalue weighted by atomic mass is 28.5. The minimum absolute atomic E-state index is 0.218. The van der Waals surface area contributed by atoms with Crippen molar-refractivity contribution in [3.63, 3.8) is 0 Å². The van der Waals surface area contributed by atoms with E-state index in [4.69, 9.17) is 22.8 Å². The van der Waals surface area contributed by atoms with Gasteiger partial charge in [0.15, 0.2) is 16.6 Å². The van der Waals surface area contributed by atoms with E-state index in [-0.39, 0.29) is 19.2 Å². The van der Waals surface area contributed by atoms with Crippen LogP contribution in [0.1, 0.15) is 19.8 Å². The summed E-state index contributed by atoms with van der Waals surface area (Å²) in [5.74, 6) is -0.377. The molecule has 1 N–H and O–H groups in total. The summed E-state index contributed by atoms with van der Waals surface area (Å²) in [4.78, 5) is 11.2. The molecule has 0 saturated carbocycles. The Labute approximate surface area is 168 Å². The fraction of sp³-hybridized carbons (Fsp3) is 0.833. The van der Waals surface area contributed by atoms with Crippen LogP contribution in [0.5, 0.6) is 0 Å². The number of carbonyl (C=O) groups excluding carboxylic acids is 1. The van der Waals surface area contributed by atoms with Gasteiger partial charge in [-0.2, -0.15) is 0 Å². The van der Waals surface area contributed by atoms with Gasteiger partial charge in [0.05, 0.1) is 6.61 Å². The lowest BCUT2D eigenvalue weighted by Crippen LogP contribution is -2.52. The molecule has 0 spiro atoms. The van der Waals surface area contributed by atoms with Gasteiger partial charge in [0.2, 0.25) is 0 Å². The second-order valence-corrected chi connectivity index (χ2v) is 21.1. The number of esters is 1. The Hall–Kier alpha value is -0.299. The zero-order chi connectivity index (χ0) is 21.1. The van der Waals surface area contributed by atoms with Gasteiger partial charge < -0.3 is 22.8 Å². The zero-order valence-corrected chi connectivity index (χ0v) is 21.4. The molecule has 0 bridgehead atoms. The summed E-state index contributed by atoms with van der Waals surface area (Å²) in [5, 5.41) is 9.05. The van der Waals surface area contributed by atoms with Crippen molar-refractivity contribution in [1.82, 2.24) is 0 Å². The van der Waals surface area contributed by atoms with Gasteiger partial charge in [0.1, 0.15) is 6.61 Å². The largest absolute Gasteiger partial charge is 0.460 e. The molecule has 6 nitrogen and oxygen atoms in total. The maximum absolute atomic E-state index is 11.2. The molecule has 27 heavy (non-hydrogen) atoms. The van der Waals surface area contributed by atoms with Crippen molar-refractivity contribution in [2.75, 3.05) is 26.4 Å². The molecule has 0 aromatic rings. The lowest BCUT2D eigenvalue weighted by atomic mass is 10.4. The third-order valence-corrected chi connectivity index (χ3v) is 15.3. The zero-order valence-electron chi connectivity index (χ0n) is 18.4. The van der Waals surface area contributed by atoms with Crippen molar-refractivity contribution < 1.29 is 27.6 Å². The number of carbonyl (C=O) groups is 1. The molecule has 0 amide bonds. The first kappa shape index (κ1) is 26.7. The quantitative estimate of drug-likeness (QED) is 0.181. The summed E-state index contributed by atoms with van der Waals surface area (Å²) < 4.78 is 23.5. The fourth-order valence-corrected chi connectivity index (χ4v) is 17.0. The molecule has 0 aliphatic heterocycles. The first-order valence-corrected chi connectivity index (χ1v) is 18.8. The second kappa shape index (κ2) is 12.3. The molecule has 0 aromatic carbocycles. The Morgan fingerprint density at radius 3 is 1.89 bits per heavy atom. The molecule has 0 radical (unpaired) electrons. The Morgan fingerprint density at radius 1 is 0.889 bits per heavy atom. The Morgan fingerprint density at radius 2 is 1.41 bits per heavy atom. The summed E-state index contributed by atoms with van der Waals surface area (Å²) in [6.45, 7) is 19.8. The van der Waals surface area contributed by atoms with Crippen LogP contribution in [0.15, 0.2) is 12.2 Å². The number of aliphatic hydroxyl groups excluding tert-OH is 1. The van der Waals surface area contributed by atoms with Crippen LogP contribution in [-0.2, 0) is 22.5 Å². The van der Waals surface area contributed by atoms with Crippen LogP contribution in [0, 0.1) is 0 Å². The maximum atomic E-state index is 11.2. The van der Waals surface area contributed by atoms with Crippen LogP contribution in [-0.4, -0.2) is 62.7 Å². The minimum Gasteiger partial charge on any atom is -0.460 e. The standard InChI is InChI=1S/C18H40O6Si3/c1-17(2)18(20)22-14-13-21-12-10-16-26(5,6)24-27(7,8)23-25(3,4)15-9-11-19/h19H,1,9-16H2,2-8H3. The van der Waals surface area contributed by atoms with E-state index < -0.39 is 25.2 Å². The van der Waals surface area contributed by atoms with Crippen LogP contribution in [0.4, 0.5) is 0 Å². The van der Waals surface area contributed by atoms with Crippen LogP contribution in [0.3, 0.4) is 0 Å². The SMILES string of the molecule is C=C(C)C(=O)OCCOCCC[Si](C)(C)O[Si](C)(C)O[Si](C)(C)CCCO. The second-order valence-electron chi connectivity index (χ2n) is 8.58. The van der Waals surface area contributed by atoms with Gasteiger partial charge >= 0.3 is 14.5 Å². The van der Waals surface area contributed by atoms with Gasteiger partial charge in [0.25, 0.3) is 0 Å². The van der Waals surface area contributed by atoms with Gasteiger partial charge in [0, 0.05) is 18.8 Å². The number of aliphatic hydroxyl groups is 1. The normalized spacial score (nSPS) is 12.9. The molecule has 0 unspecified atom stereocenters. The Kier molecular flexibility index (Phi) is 12.2. The third-order valence-electron chi connectivity index (χ3n) is 3.86. The van der Waals surface area contributed by atoms with E-state index in [0.29, 0.717) is 18.8 Å². The average molecular weight is 437 g/mol. The van der Waals surface area contributed by atoms with Crippen molar-refractivity contribution in [1.29, 1.82) is 0 Å². The van der Waals surface area contributed by atoms with Crippen molar-refractivity contribution >= 4 is 31.2 Å². The molecule has 0 atom stereocenters. The van der Waals surface area contributed by atoms with Gasteiger partial charge in [-0.3, -0.25) is 0 Å². The highest BCUT2D eigenvalue weighted by Crippen LogP contribution is 2.25. The minimum atomic E-state index is -2.19. The number of ether oxygens (including phenoxy) is 2. The topological polar surface area (TPSA) is 74.2 Å². The van der Waals surface area contributed by atoms with Crippen LogP contribution in [0.25, 0.3) is 0 Å². The predicted molar refractivity (Wildman–Crippen MR) is 117 cm³/mol. The lowest BCUT2D eigenvalue weighted by Gasteiger charge is -2.38. The van der Waals surface area contributed by atoms with Crippen molar-refractivity contribution in [3.8, 4) is 0 Å². The molecule has 0 fully saturated rings.